The lowest BCUT2D eigenvalue weighted by atomic mass is 10.2. The lowest BCUT2D eigenvalue weighted by Gasteiger charge is -2.33. The fraction of sp³-hybridized carbons (Fsp3) is 0.412. The fourth-order valence-corrected chi connectivity index (χ4v) is 5.08. The van der Waals surface area contributed by atoms with E-state index in [0.29, 0.717) is 44.2 Å². The summed E-state index contributed by atoms with van der Waals surface area (Å²) in [6.45, 7) is 6.00. The largest absolute Gasteiger partial charge is 0.360 e. The molecule has 0 unspecified atom stereocenters. The van der Waals surface area contributed by atoms with Gasteiger partial charge in [-0.1, -0.05) is 22.4 Å². The highest BCUT2D eigenvalue weighted by Crippen LogP contribution is 2.25. The Labute approximate surface area is 151 Å². The molecule has 1 aromatic carbocycles. The number of fused-ring (bicyclic) bond motifs is 1. The van der Waals surface area contributed by atoms with Crippen LogP contribution in [-0.2, 0) is 16.6 Å². The van der Waals surface area contributed by atoms with Crippen molar-refractivity contribution in [2.75, 3.05) is 26.2 Å². The normalized spacial score (nSPS) is 17.2. The van der Waals surface area contributed by atoms with Crippen molar-refractivity contribution in [1.29, 1.82) is 0 Å². The number of hydrogen-bond donors (Lipinski definition) is 0. The van der Waals surface area contributed by atoms with Crippen LogP contribution in [0.5, 0.6) is 0 Å². The predicted molar refractivity (Wildman–Crippen MR) is 94.0 cm³/mol. The van der Waals surface area contributed by atoms with E-state index in [4.69, 9.17) is 9.05 Å². The molecular formula is C17H20N4O4S. The highest BCUT2D eigenvalue weighted by atomic mass is 32.2. The van der Waals surface area contributed by atoms with Crippen molar-refractivity contribution >= 4 is 21.0 Å². The van der Waals surface area contributed by atoms with Gasteiger partial charge in [0, 0.05) is 38.1 Å². The van der Waals surface area contributed by atoms with Gasteiger partial charge >= 0.3 is 0 Å². The summed E-state index contributed by atoms with van der Waals surface area (Å²) in [7, 11) is -3.58. The zero-order valence-electron chi connectivity index (χ0n) is 14.7. The molecule has 1 fully saturated rings. The Hall–Kier alpha value is -2.23. The molecular weight excluding hydrogens is 356 g/mol. The average molecular weight is 376 g/mol. The number of benzene rings is 1. The maximum absolute atomic E-state index is 12.9. The molecule has 9 heteroatoms. The van der Waals surface area contributed by atoms with Crippen LogP contribution in [0.25, 0.3) is 11.0 Å². The topological polar surface area (TPSA) is 92.7 Å². The van der Waals surface area contributed by atoms with Crippen molar-refractivity contribution in [2.45, 2.75) is 25.3 Å². The first-order valence-electron chi connectivity index (χ1n) is 8.45. The fourth-order valence-electron chi connectivity index (χ4n) is 3.36. The van der Waals surface area contributed by atoms with Crippen LogP contribution in [0.3, 0.4) is 0 Å². The molecule has 0 aliphatic carbocycles. The molecule has 0 saturated carbocycles. The summed E-state index contributed by atoms with van der Waals surface area (Å²) in [6, 6.07) is 7.74. The second-order valence-electron chi connectivity index (χ2n) is 6.46. The number of sulfonamides is 1. The molecule has 0 radical (unpaired) electrons. The summed E-state index contributed by atoms with van der Waals surface area (Å²) in [6.07, 6.45) is 0. The van der Waals surface area contributed by atoms with Gasteiger partial charge in [-0.25, -0.2) is 8.42 Å². The lowest BCUT2D eigenvalue weighted by Crippen LogP contribution is -2.48. The van der Waals surface area contributed by atoms with Crippen molar-refractivity contribution < 1.29 is 17.5 Å². The van der Waals surface area contributed by atoms with E-state index in [1.54, 1.807) is 13.8 Å². The van der Waals surface area contributed by atoms with Crippen molar-refractivity contribution in [2.24, 2.45) is 0 Å². The van der Waals surface area contributed by atoms with Gasteiger partial charge in [-0.3, -0.25) is 4.90 Å². The Morgan fingerprint density at radius 3 is 2.46 bits per heavy atom. The van der Waals surface area contributed by atoms with E-state index in [9.17, 15) is 8.42 Å². The highest BCUT2D eigenvalue weighted by Gasteiger charge is 2.33. The van der Waals surface area contributed by atoms with Gasteiger partial charge < -0.3 is 9.05 Å². The molecule has 1 aliphatic heterocycles. The second kappa shape index (κ2) is 6.49. The van der Waals surface area contributed by atoms with Gasteiger partial charge in [-0.05, 0) is 26.0 Å². The quantitative estimate of drug-likeness (QED) is 0.687. The Morgan fingerprint density at radius 2 is 1.77 bits per heavy atom. The van der Waals surface area contributed by atoms with Gasteiger partial charge in [0.1, 0.15) is 16.3 Å². The standard InChI is InChI=1S/C17H20N4O4S/c1-12-17(13(2)24-18-12)26(22,23)21-9-7-20(8-10-21)11-15-14-5-3-4-6-16(14)25-19-15/h3-6H,7-11H2,1-2H3. The zero-order valence-corrected chi connectivity index (χ0v) is 15.5. The number of nitrogens with zero attached hydrogens (tertiary/aromatic N) is 4. The predicted octanol–water partition coefficient (Wildman–Crippen LogP) is 1.94. The maximum Gasteiger partial charge on any atom is 0.248 e. The van der Waals surface area contributed by atoms with Crippen LogP contribution in [0.4, 0.5) is 0 Å². The minimum absolute atomic E-state index is 0.188. The highest BCUT2D eigenvalue weighted by molar-refractivity contribution is 7.89. The molecule has 1 saturated heterocycles. The van der Waals surface area contributed by atoms with Crippen molar-refractivity contribution in [3.8, 4) is 0 Å². The third-order valence-electron chi connectivity index (χ3n) is 4.72. The molecule has 0 bridgehead atoms. The third kappa shape index (κ3) is 2.91. The number of aromatic nitrogens is 2. The minimum atomic E-state index is -3.58. The molecule has 0 atom stereocenters. The summed E-state index contributed by atoms with van der Waals surface area (Å²) in [5.41, 5.74) is 2.05. The second-order valence-corrected chi connectivity index (χ2v) is 8.33. The summed E-state index contributed by atoms with van der Waals surface area (Å²) < 4.78 is 37.6. The van der Waals surface area contributed by atoms with Crippen molar-refractivity contribution in [3.63, 3.8) is 0 Å². The smallest absolute Gasteiger partial charge is 0.248 e. The van der Waals surface area contributed by atoms with E-state index >= 15 is 0 Å². The van der Waals surface area contributed by atoms with E-state index < -0.39 is 10.0 Å². The number of hydrogen-bond acceptors (Lipinski definition) is 7. The van der Waals surface area contributed by atoms with Gasteiger partial charge in [0.2, 0.25) is 10.0 Å². The Morgan fingerprint density at radius 1 is 1.04 bits per heavy atom. The number of para-hydroxylation sites is 1. The molecule has 0 spiro atoms. The number of rotatable bonds is 4. The van der Waals surface area contributed by atoms with Crippen LogP contribution < -0.4 is 0 Å². The Bertz CT molecular complexity index is 1010. The van der Waals surface area contributed by atoms with Crippen LogP contribution in [0.2, 0.25) is 0 Å². The molecule has 0 N–H and O–H groups in total. The first kappa shape index (κ1) is 17.2. The number of aryl methyl sites for hydroxylation is 2. The summed E-state index contributed by atoms with van der Waals surface area (Å²) >= 11 is 0. The van der Waals surface area contributed by atoms with Crippen LogP contribution in [-0.4, -0.2) is 54.1 Å². The third-order valence-corrected chi connectivity index (χ3v) is 6.87. The molecule has 8 nitrogen and oxygen atoms in total. The first-order chi connectivity index (χ1) is 12.5. The van der Waals surface area contributed by atoms with E-state index in [-0.39, 0.29) is 4.90 Å². The van der Waals surface area contributed by atoms with Crippen LogP contribution in [0.15, 0.2) is 38.2 Å². The Balaban J connectivity index is 1.46. The van der Waals surface area contributed by atoms with Crippen LogP contribution in [0, 0.1) is 13.8 Å². The van der Waals surface area contributed by atoms with E-state index in [0.717, 1.165) is 16.7 Å². The van der Waals surface area contributed by atoms with Gasteiger partial charge in [0.05, 0.1) is 0 Å². The van der Waals surface area contributed by atoms with Crippen LogP contribution >= 0.6 is 0 Å². The molecule has 138 valence electrons. The van der Waals surface area contributed by atoms with Crippen molar-refractivity contribution in [1.82, 2.24) is 19.5 Å². The van der Waals surface area contributed by atoms with E-state index in [1.807, 2.05) is 24.3 Å². The first-order valence-corrected chi connectivity index (χ1v) is 9.89. The molecule has 3 heterocycles. The zero-order chi connectivity index (χ0) is 18.3. The SMILES string of the molecule is Cc1noc(C)c1S(=O)(=O)N1CCN(Cc2noc3ccccc23)CC1. The maximum atomic E-state index is 12.9. The monoisotopic (exact) mass is 376 g/mol. The lowest BCUT2D eigenvalue weighted by molar-refractivity contribution is 0.178. The molecule has 1 aliphatic rings. The van der Waals surface area contributed by atoms with Gasteiger partial charge in [-0.2, -0.15) is 4.31 Å². The van der Waals surface area contributed by atoms with Crippen LogP contribution in [0.1, 0.15) is 17.1 Å². The van der Waals surface area contributed by atoms with E-state index in [1.165, 1.54) is 4.31 Å². The van der Waals surface area contributed by atoms with Crippen molar-refractivity contribution in [3.05, 3.63) is 41.4 Å². The summed E-state index contributed by atoms with van der Waals surface area (Å²) in [4.78, 5) is 2.37. The minimum Gasteiger partial charge on any atom is -0.360 e. The van der Waals surface area contributed by atoms with Gasteiger partial charge in [0.15, 0.2) is 11.3 Å². The molecule has 26 heavy (non-hydrogen) atoms. The van der Waals surface area contributed by atoms with Gasteiger partial charge in [0.25, 0.3) is 0 Å². The molecule has 3 aromatic rings. The molecule has 2 aromatic heterocycles. The molecule has 0 amide bonds. The Kier molecular flexibility index (Phi) is 4.29. The summed E-state index contributed by atoms with van der Waals surface area (Å²) in [5.74, 6) is 0.332. The van der Waals surface area contributed by atoms with Gasteiger partial charge in [-0.15, -0.1) is 0 Å². The van der Waals surface area contributed by atoms with E-state index in [2.05, 4.69) is 15.2 Å². The number of piperazine rings is 1. The summed E-state index contributed by atoms with van der Waals surface area (Å²) in [5, 5.41) is 8.91. The molecule has 4 rings (SSSR count). The average Bonchev–Trinajstić information content (AvgIpc) is 3.19.